The molecule has 0 aromatic heterocycles. The van der Waals surface area contributed by atoms with Gasteiger partial charge in [0, 0.05) is 37.2 Å². The molecule has 1 heterocycles. The number of carbonyl (C=O) groups is 1. The Morgan fingerprint density at radius 3 is 2.74 bits per heavy atom. The number of hydrogen-bond acceptors (Lipinski definition) is 4. The van der Waals surface area contributed by atoms with Crippen molar-refractivity contribution in [3.05, 3.63) is 34.9 Å². The maximum absolute atomic E-state index is 13.4. The molecule has 1 aromatic rings. The second-order valence-corrected chi connectivity index (χ2v) is 10.9. The van der Waals surface area contributed by atoms with Crippen molar-refractivity contribution in [1.29, 1.82) is 0 Å². The predicted octanol–water partition coefficient (Wildman–Crippen LogP) is 5.75. The van der Waals surface area contributed by atoms with Crippen LogP contribution in [-0.2, 0) is 15.1 Å². The molecule has 1 saturated heterocycles. The molecule has 0 unspecified atom stereocenters. The minimum absolute atomic E-state index is 0.00213. The van der Waals surface area contributed by atoms with Gasteiger partial charge >= 0.3 is 6.03 Å². The highest BCUT2D eigenvalue weighted by molar-refractivity contribution is 6.30. The third kappa shape index (κ3) is 8.34. The minimum Gasteiger partial charge on any atom is -0.382 e. The van der Waals surface area contributed by atoms with E-state index in [1.807, 2.05) is 23.1 Å². The molecule has 2 amide bonds. The fourth-order valence-corrected chi connectivity index (χ4v) is 5.99. The molecular weight excluding hydrogens is 464 g/mol. The van der Waals surface area contributed by atoms with E-state index in [1.165, 1.54) is 32.1 Å². The largest absolute Gasteiger partial charge is 0.382 e. The molecule has 1 aromatic carbocycles. The monoisotopic (exact) mass is 508 g/mol. The van der Waals surface area contributed by atoms with Crippen LogP contribution >= 0.6 is 11.6 Å². The van der Waals surface area contributed by atoms with Gasteiger partial charge in [-0.3, -0.25) is 0 Å². The van der Waals surface area contributed by atoms with Gasteiger partial charge in [-0.2, -0.15) is 0 Å². The fourth-order valence-electron chi connectivity index (χ4n) is 5.80. The van der Waals surface area contributed by atoms with Gasteiger partial charge < -0.3 is 24.8 Å². The lowest BCUT2D eigenvalue weighted by Gasteiger charge is -2.43. The van der Waals surface area contributed by atoms with E-state index in [0.717, 1.165) is 43.6 Å². The van der Waals surface area contributed by atoms with Crippen LogP contribution in [0.15, 0.2) is 24.3 Å². The molecule has 1 aliphatic heterocycles. The van der Waals surface area contributed by atoms with Gasteiger partial charge in [0.05, 0.1) is 19.8 Å². The van der Waals surface area contributed by atoms with E-state index in [0.29, 0.717) is 31.3 Å². The van der Waals surface area contributed by atoms with Crippen LogP contribution in [-0.4, -0.2) is 62.1 Å². The van der Waals surface area contributed by atoms with Crippen molar-refractivity contribution in [2.24, 2.45) is 11.8 Å². The number of rotatable bonds is 12. The average molecular weight is 509 g/mol. The third-order valence-electron chi connectivity index (χ3n) is 7.77. The highest BCUT2D eigenvalue weighted by Gasteiger charge is 2.42. The summed E-state index contributed by atoms with van der Waals surface area (Å²) in [5, 5.41) is 15.9. The lowest BCUT2D eigenvalue weighted by molar-refractivity contribution is -0.108. The molecule has 3 rings (SSSR count). The first-order valence-electron chi connectivity index (χ1n) is 13.6. The summed E-state index contributed by atoms with van der Waals surface area (Å²) in [6, 6.07) is 7.58. The summed E-state index contributed by atoms with van der Waals surface area (Å²) in [5.41, 5.74) is -0.501. The van der Waals surface area contributed by atoms with Crippen molar-refractivity contribution >= 4 is 17.6 Å². The van der Waals surface area contributed by atoms with E-state index in [1.54, 1.807) is 13.2 Å². The number of carbonyl (C=O) groups excluding carboxylic acids is 1. The molecule has 35 heavy (non-hydrogen) atoms. The molecular formula is C28H45ClN2O4. The molecule has 1 saturated carbocycles. The Kier molecular flexibility index (Phi) is 11.6. The molecule has 198 valence electrons. The van der Waals surface area contributed by atoms with Crippen LogP contribution in [0.25, 0.3) is 0 Å². The lowest BCUT2D eigenvalue weighted by atomic mass is 9.77. The standard InChI is InChI=1S/C28H45ClN2O4/c1-3-9-26(18-22-10-5-4-6-11-22)30-27(32)31-15-8-13-24(20-31)28(33,21-35-17-16-34-2)23-12-7-14-25(29)19-23/h7,12,14,19,22,24,26,33H,3-6,8-11,13,15-18,20-21H2,1-2H3,(H,30,32)/t24-,26-,28-/m1/s1. The zero-order chi connectivity index (χ0) is 25.1. The van der Waals surface area contributed by atoms with Gasteiger partial charge in [-0.1, -0.05) is 69.2 Å². The van der Waals surface area contributed by atoms with E-state index in [-0.39, 0.29) is 24.6 Å². The van der Waals surface area contributed by atoms with Gasteiger partial charge in [-0.15, -0.1) is 0 Å². The second kappa shape index (κ2) is 14.4. The maximum atomic E-state index is 13.4. The SMILES string of the molecule is CCC[C@H](CC1CCCCC1)NC(=O)N1CCC[C@@H]([C@@](O)(COCCOC)c2cccc(Cl)c2)C1. The number of likely N-dealkylation sites (tertiary alicyclic amines) is 1. The van der Waals surface area contributed by atoms with Crippen LogP contribution in [0, 0.1) is 11.8 Å². The van der Waals surface area contributed by atoms with Gasteiger partial charge in [0.15, 0.2) is 0 Å². The number of nitrogens with one attached hydrogen (secondary N) is 1. The number of urea groups is 1. The summed E-state index contributed by atoms with van der Waals surface area (Å²) in [6.07, 6.45) is 11.4. The van der Waals surface area contributed by atoms with Crippen molar-refractivity contribution in [2.45, 2.75) is 82.8 Å². The molecule has 0 bridgehead atoms. The van der Waals surface area contributed by atoms with Crippen LogP contribution in [0.1, 0.15) is 76.7 Å². The summed E-state index contributed by atoms with van der Waals surface area (Å²) in [5.74, 6) is 0.581. The number of benzene rings is 1. The molecule has 0 radical (unpaired) electrons. The van der Waals surface area contributed by atoms with E-state index in [4.69, 9.17) is 21.1 Å². The van der Waals surface area contributed by atoms with Crippen molar-refractivity contribution in [3.63, 3.8) is 0 Å². The van der Waals surface area contributed by atoms with Crippen molar-refractivity contribution in [1.82, 2.24) is 10.2 Å². The van der Waals surface area contributed by atoms with Crippen LogP contribution in [0.2, 0.25) is 5.02 Å². The zero-order valence-corrected chi connectivity index (χ0v) is 22.4. The lowest BCUT2D eigenvalue weighted by Crippen LogP contribution is -2.53. The molecule has 6 nitrogen and oxygen atoms in total. The Morgan fingerprint density at radius 2 is 2.03 bits per heavy atom. The maximum Gasteiger partial charge on any atom is 0.317 e. The number of amides is 2. The first-order valence-corrected chi connectivity index (χ1v) is 13.9. The second-order valence-electron chi connectivity index (χ2n) is 10.4. The molecule has 0 spiro atoms. The molecule has 3 atom stereocenters. The van der Waals surface area contributed by atoms with Gasteiger partial charge in [0.1, 0.15) is 5.60 Å². The van der Waals surface area contributed by atoms with E-state index >= 15 is 0 Å². The molecule has 1 aliphatic carbocycles. The van der Waals surface area contributed by atoms with Crippen molar-refractivity contribution < 1.29 is 19.4 Å². The smallest absolute Gasteiger partial charge is 0.317 e. The first-order chi connectivity index (χ1) is 17.0. The minimum atomic E-state index is -1.23. The fraction of sp³-hybridized carbons (Fsp3) is 0.750. The number of methoxy groups -OCH3 is 1. The Labute approximate surface area is 216 Å². The summed E-state index contributed by atoms with van der Waals surface area (Å²) in [4.78, 5) is 15.2. The van der Waals surface area contributed by atoms with Crippen LogP contribution < -0.4 is 5.32 Å². The van der Waals surface area contributed by atoms with Crippen molar-refractivity contribution in [3.8, 4) is 0 Å². The quantitative estimate of drug-likeness (QED) is 0.352. The van der Waals surface area contributed by atoms with Crippen LogP contribution in [0.4, 0.5) is 4.79 Å². The Hall–Kier alpha value is -1.34. The number of piperidine rings is 1. The van der Waals surface area contributed by atoms with Crippen LogP contribution in [0.3, 0.4) is 0 Å². The number of ether oxygens (including phenoxy) is 2. The van der Waals surface area contributed by atoms with Crippen molar-refractivity contribution in [2.75, 3.05) is 40.0 Å². The zero-order valence-electron chi connectivity index (χ0n) is 21.6. The normalized spacial score (nSPS) is 21.9. The van der Waals surface area contributed by atoms with Gasteiger partial charge in [0.2, 0.25) is 0 Å². The molecule has 2 N–H and O–H groups in total. The van der Waals surface area contributed by atoms with Gasteiger partial charge in [0.25, 0.3) is 0 Å². The number of halogens is 1. The van der Waals surface area contributed by atoms with E-state index in [9.17, 15) is 9.90 Å². The number of hydrogen-bond donors (Lipinski definition) is 2. The third-order valence-corrected chi connectivity index (χ3v) is 8.00. The predicted molar refractivity (Wildman–Crippen MR) is 141 cm³/mol. The molecule has 7 heteroatoms. The summed E-state index contributed by atoms with van der Waals surface area (Å²) in [7, 11) is 1.63. The van der Waals surface area contributed by atoms with E-state index in [2.05, 4.69) is 12.2 Å². The Bertz CT molecular complexity index is 773. The first kappa shape index (κ1) is 28.2. The van der Waals surface area contributed by atoms with Gasteiger partial charge in [-0.25, -0.2) is 4.79 Å². The number of aliphatic hydroxyl groups is 1. The number of nitrogens with zero attached hydrogens (tertiary/aromatic N) is 1. The van der Waals surface area contributed by atoms with Crippen LogP contribution in [0.5, 0.6) is 0 Å². The molecule has 2 fully saturated rings. The highest BCUT2D eigenvalue weighted by Crippen LogP contribution is 2.37. The summed E-state index contributed by atoms with van der Waals surface area (Å²) in [6.45, 7) is 4.38. The summed E-state index contributed by atoms with van der Waals surface area (Å²) < 4.78 is 10.9. The Morgan fingerprint density at radius 1 is 1.23 bits per heavy atom. The Balaban J connectivity index is 1.67. The topological polar surface area (TPSA) is 71.0 Å². The van der Waals surface area contributed by atoms with E-state index < -0.39 is 5.60 Å². The van der Waals surface area contributed by atoms with Gasteiger partial charge in [-0.05, 0) is 49.3 Å². The summed E-state index contributed by atoms with van der Waals surface area (Å²) >= 11 is 6.27. The highest BCUT2D eigenvalue weighted by atomic mass is 35.5. The molecule has 2 aliphatic rings. The average Bonchev–Trinajstić information content (AvgIpc) is 2.87.